The number of carbonyl (C=O) groups excluding carboxylic acids is 1. The second-order valence-corrected chi connectivity index (χ2v) is 12.1. The Labute approximate surface area is 210 Å². The number of hydrogen-bond acceptors (Lipinski definition) is 4. The van der Waals surface area contributed by atoms with Crippen molar-refractivity contribution in [1.29, 1.82) is 0 Å². The van der Waals surface area contributed by atoms with E-state index in [0.29, 0.717) is 23.0 Å². The number of ether oxygens (including phenoxy) is 1. The van der Waals surface area contributed by atoms with E-state index < -0.39 is 33.8 Å². The van der Waals surface area contributed by atoms with Crippen LogP contribution in [0.2, 0.25) is 15.1 Å². The molecule has 2 aromatic rings. The summed E-state index contributed by atoms with van der Waals surface area (Å²) in [7, 11) is -4.08. The maximum Gasteiger partial charge on any atom is 0.410 e. The lowest BCUT2D eigenvalue weighted by atomic mass is 10.1. The molecule has 1 amide bonds. The van der Waals surface area contributed by atoms with Crippen molar-refractivity contribution in [3.63, 3.8) is 0 Å². The van der Waals surface area contributed by atoms with Crippen molar-refractivity contribution >= 4 is 56.6 Å². The standard InChI is InChI=1S/C23H27Cl3N2O4S/c1-15(20-6-5-13-27(20)22(29)32-23(2,3)4)28(21-14-17(25)9-12-19(21)26)33(30,31)18-10-7-16(24)8-11-18/h7-12,14-15,20H,5-6,13H2,1-4H3/t15?,20-/m0/s1. The van der Waals surface area contributed by atoms with E-state index in [9.17, 15) is 13.2 Å². The largest absolute Gasteiger partial charge is 0.444 e. The highest BCUT2D eigenvalue weighted by Crippen LogP contribution is 2.37. The summed E-state index contributed by atoms with van der Waals surface area (Å²) < 4.78 is 34.5. The fourth-order valence-electron chi connectivity index (χ4n) is 3.94. The van der Waals surface area contributed by atoms with Crippen LogP contribution in [-0.2, 0) is 14.8 Å². The second-order valence-electron chi connectivity index (χ2n) is 8.97. The molecule has 6 nitrogen and oxygen atoms in total. The molecular formula is C23H27Cl3N2O4S. The summed E-state index contributed by atoms with van der Waals surface area (Å²) in [6.45, 7) is 7.62. The summed E-state index contributed by atoms with van der Waals surface area (Å²) >= 11 is 18.6. The van der Waals surface area contributed by atoms with Crippen molar-refractivity contribution in [3.05, 3.63) is 57.5 Å². The molecule has 33 heavy (non-hydrogen) atoms. The smallest absolute Gasteiger partial charge is 0.410 e. The first-order chi connectivity index (χ1) is 15.3. The van der Waals surface area contributed by atoms with Gasteiger partial charge < -0.3 is 9.64 Å². The molecule has 2 atom stereocenters. The monoisotopic (exact) mass is 532 g/mol. The highest BCUT2D eigenvalue weighted by atomic mass is 35.5. The maximum atomic E-state index is 13.9. The second kappa shape index (κ2) is 9.90. The topological polar surface area (TPSA) is 66.9 Å². The Kier molecular flexibility index (Phi) is 7.79. The van der Waals surface area contributed by atoms with E-state index in [-0.39, 0.29) is 15.6 Å². The van der Waals surface area contributed by atoms with E-state index in [1.165, 1.54) is 34.6 Å². The van der Waals surface area contributed by atoms with Crippen LogP contribution < -0.4 is 4.31 Å². The number of halogens is 3. The van der Waals surface area contributed by atoms with Gasteiger partial charge in [-0.1, -0.05) is 34.8 Å². The van der Waals surface area contributed by atoms with Crippen molar-refractivity contribution in [3.8, 4) is 0 Å². The Morgan fingerprint density at radius 2 is 1.70 bits per heavy atom. The van der Waals surface area contributed by atoms with Crippen LogP contribution in [0, 0.1) is 0 Å². The third-order valence-electron chi connectivity index (χ3n) is 5.37. The fourth-order valence-corrected chi connectivity index (χ4v) is 6.19. The fraction of sp³-hybridized carbons (Fsp3) is 0.435. The van der Waals surface area contributed by atoms with Crippen LogP contribution >= 0.6 is 34.8 Å². The highest BCUT2D eigenvalue weighted by Gasteiger charge is 2.42. The van der Waals surface area contributed by atoms with Crippen LogP contribution in [0.4, 0.5) is 10.5 Å². The van der Waals surface area contributed by atoms with Gasteiger partial charge in [0.2, 0.25) is 0 Å². The van der Waals surface area contributed by atoms with Crippen LogP contribution in [-0.4, -0.2) is 43.6 Å². The van der Waals surface area contributed by atoms with Gasteiger partial charge in [-0.2, -0.15) is 0 Å². The Hall–Kier alpha value is -1.67. The van der Waals surface area contributed by atoms with Crippen LogP contribution in [0.3, 0.4) is 0 Å². The third kappa shape index (κ3) is 5.88. The predicted molar refractivity (Wildman–Crippen MR) is 133 cm³/mol. The minimum Gasteiger partial charge on any atom is -0.444 e. The molecule has 0 spiro atoms. The number of anilines is 1. The molecular weight excluding hydrogens is 507 g/mol. The minimum absolute atomic E-state index is 0.0524. The first kappa shape index (κ1) is 25.9. The number of hydrogen-bond donors (Lipinski definition) is 0. The molecule has 0 radical (unpaired) electrons. The molecule has 180 valence electrons. The van der Waals surface area contributed by atoms with Crippen LogP contribution in [0.1, 0.15) is 40.5 Å². The van der Waals surface area contributed by atoms with E-state index >= 15 is 0 Å². The first-order valence-electron chi connectivity index (χ1n) is 10.6. The molecule has 0 saturated carbocycles. The predicted octanol–water partition coefficient (Wildman–Crippen LogP) is 6.63. The number of carbonyl (C=O) groups is 1. The first-order valence-corrected chi connectivity index (χ1v) is 13.1. The number of nitrogens with zero attached hydrogens (tertiary/aromatic N) is 2. The average Bonchev–Trinajstić information content (AvgIpc) is 3.20. The van der Waals surface area contributed by atoms with Gasteiger partial charge >= 0.3 is 6.09 Å². The molecule has 1 unspecified atom stereocenters. The van der Waals surface area contributed by atoms with Crippen LogP contribution in [0.5, 0.6) is 0 Å². The number of sulfonamides is 1. The van der Waals surface area contributed by atoms with Crippen molar-refractivity contribution in [2.24, 2.45) is 0 Å². The number of likely N-dealkylation sites (tertiary alicyclic amines) is 1. The van der Waals surface area contributed by atoms with Crippen LogP contribution in [0.15, 0.2) is 47.4 Å². The van der Waals surface area contributed by atoms with Crippen LogP contribution in [0.25, 0.3) is 0 Å². The van der Waals surface area contributed by atoms with E-state index in [0.717, 1.165) is 6.42 Å². The van der Waals surface area contributed by atoms with E-state index in [1.54, 1.807) is 44.7 Å². The maximum absolute atomic E-state index is 13.9. The lowest BCUT2D eigenvalue weighted by Gasteiger charge is -2.38. The molecule has 1 saturated heterocycles. The zero-order valence-electron chi connectivity index (χ0n) is 18.9. The molecule has 10 heteroatoms. The molecule has 2 aromatic carbocycles. The summed E-state index contributed by atoms with van der Waals surface area (Å²) in [4.78, 5) is 14.5. The highest BCUT2D eigenvalue weighted by molar-refractivity contribution is 7.92. The van der Waals surface area contributed by atoms with Gasteiger partial charge in [0.1, 0.15) is 5.60 Å². The van der Waals surface area contributed by atoms with Gasteiger partial charge in [0.15, 0.2) is 0 Å². The molecule has 0 aliphatic carbocycles. The molecule has 0 bridgehead atoms. The Balaban J connectivity index is 2.08. The quantitative estimate of drug-likeness (QED) is 0.433. The normalized spacial score (nSPS) is 17.7. The summed E-state index contributed by atoms with van der Waals surface area (Å²) in [5, 5.41) is 0.986. The Bertz CT molecular complexity index is 1120. The minimum atomic E-state index is -4.08. The van der Waals surface area contributed by atoms with Crippen molar-refractivity contribution in [1.82, 2.24) is 4.90 Å². The SMILES string of the molecule is CC([C@@H]1CCCN1C(=O)OC(C)(C)C)N(c1cc(Cl)ccc1Cl)S(=O)(=O)c1ccc(Cl)cc1. The molecule has 1 aliphatic heterocycles. The van der Waals surface area contributed by atoms with Crippen molar-refractivity contribution in [2.75, 3.05) is 10.8 Å². The van der Waals surface area contributed by atoms with Gasteiger partial charge in [0, 0.05) is 16.6 Å². The van der Waals surface area contributed by atoms with E-state index in [4.69, 9.17) is 39.5 Å². The summed E-state index contributed by atoms with van der Waals surface area (Å²) in [5.74, 6) is 0. The summed E-state index contributed by atoms with van der Waals surface area (Å²) in [6.07, 6.45) is 0.871. The lowest BCUT2D eigenvalue weighted by Crippen LogP contribution is -2.52. The molecule has 1 heterocycles. The van der Waals surface area contributed by atoms with Gasteiger partial charge in [-0.3, -0.25) is 4.31 Å². The molecule has 3 rings (SSSR count). The van der Waals surface area contributed by atoms with Gasteiger partial charge in [-0.25, -0.2) is 13.2 Å². The van der Waals surface area contributed by atoms with Crippen molar-refractivity contribution in [2.45, 2.75) is 63.1 Å². The molecule has 0 aromatic heterocycles. The number of amides is 1. The summed E-state index contributed by atoms with van der Waals surface area (Å²) in [5.41, 5.74) is -0.429. The lowest BCUT2D eigenvalue weighted by molar-refractivity contribution is 0.0212. The van der Waals surface area contributed by atoms with E-state index in [2.05, 4.69) is 0 Å². The third-order valence-corrected chi connectivity index (χ3v) is 8.09. The van der Waals surface area contributed by atoms with Gasteiger partial charge in [0.25, 0.3) is 10.0 Å². The summed E-state index contributed by atoms with van der Waals surface area (Å²) in [6, 6.07) is 9.49. The number of benzene rings is 2. The zero-order valence-corrected chi connectivity index (χ0v) is 22.0. The Morgan fingerprint density at radius 3 is 2.30 bits per heavy atom. The molecule has 1 aliphatic rings. The van der Waals surface area contributed by atoms with Crippen molar-refractivity contribution < 1.29 is 17.9 Å². The zero-order chi connectivity index (χ0) is 24.6. The number of rotatable bonds is 5. The van der Waals surface area contributed by atoms with Gasteiger partial charge in [-0.15, -0.1) is 0 Å². The molecule has 1 fully saturated rings. The van der Waals surface area contributed by atoms with E-state index in [1.807, 2.05) is 0 Å². The Morgan fingerprint density at radius 1 is 1.09 bits per heavy atom. The average molecular weight is 534 g/mol. The van der Waals surface area contributed by atoms with Gasteiger partial charge in [0.05, 0.1) is 27.7 Å². The molecule has 0 N–H and O–H groups in total. The van der Waals surface area contributed by atoms with Gasteiger partial charge in [-0.05, 0) is 83.0 Å².